The van der Waals surface area contributed by atoms with Gasteiger partial charge in [-0.2, -0.15) is 0 Å². The van der Waals surface area contributed by atoms with Gasteiger partial charge in [-0.05, 0) is 37.1 Å². The molecular weight excluding hydrogens is 299 g/mol. The third-order valence-corrected chi connectivity index (χ3v) is 3.67. The highest BCUT2D eigenvalue weighted by atomic mass is 19.1. The Labute approximate surface area is 133 Å². The van der Waals surface area contributed by atoms with Gasteiger partial charge in [-0.25, -0.2) is 14.2 Å². The summed E-state index contributed by atoms with van der Waals surface area (Å²) in [6.45, 7) is 4.56. The number of cyclic esters (lactones) is 1. The summed E-state index contributed by atoms with van der Waals surface area (Å²) in [5.41, 5.74) is 1.68. The van der Waals surface area contributed by atoms with Gasteiger partial charge in [-0.1, -0.05) is 12.1 Å². The fourth-order valence-electron chi connectivity index (χ4n) is 2.33. The van der Waals surface area contributed by atoms with Gasteiger partial charge in [-0.15, -0.1) is 0 Å². The van der Waals surface area contributed by atoms with Crippen molar-refractivity contribution in [1.29, 1.82) is 0 Å². The van der Waals surface area contributed by atoms with Crippen LogP contribution in [0.5, 0.6) is 11.6 Å². The lowest BCUT2D eigenvalue weighted by atomic mass is 10.2. The number of ether oxygens (including phenoxy) is 2. The minimum atomic E-state index is -0.426. The second-order valence-corrected chi connectivity index (χ2v) is 5.59. The second kappa shape index (κ2) is 6.24. The van der Waals surface area contributed by atoms with E-state index in [1.54, 1.807) is 35.4 Å². The zero-order valence-corrected chi connectivity index (χ0v) is 13.0. The molecule has 1 amide bonds. The third-order valence-electron chi connectivity index (χ3n) is 3.67. The van der Waals surface area contributed by atoms with Crippen molar-refractivity contribution >= 4 is 6.09 Å². The van der Waals surface area contributed by atoms with E-state index in [0.717, 1.165) is 11.1 Å². The number of hydrogen-bond acceptors (Lipinski definition) is 4. The average molecular weight is 316 g/mol. The first-order valence-corrected chi connectivity index (χ1v) is 7.35. The lowest BCUT2D eigenvalue weighted by molar-refractivity contribution is 0.156. The lowest BCUT2D eigenvalue weighted by Crippen LogP contribution is -2.30. The Bertz CT molecular complexity index is 718. The summed E-state index contributed by atoms with van der Waals surface area (Å²) in [6, 6.07) is 8.24. The van der Waals surface area contributed by atoms with Crippen molar-refractivity contribution in [2.75, 3.05) is 6.61 Å². The summed E-state index contributed by atoms with van der Waals surface area (Å²) in [5, 5.41) is 0. The van der Waals surface area contributed by atoms with Gasteiger partial charge in [0.25, 0.3) is 0 Å². The zero-order chi connectivity index (χ0) is 16.4. The summed E-state index contributed by atoms with van der Waals surface area (Å²) >= 11 is 0. The highest BCUT2D eigenvalue weighted by Gasteiger charge is 2.29. The number of nitrogens with zero attached hydrogens (tertiary/aromatic N) is 2. The fraction of sp³-hybridized carbons (Fsp3) is 0.294. The summed E-state index contributed by atoms with van der Waals surface area (Å²) in [7, 11) is 0. The normalized spacial score (nSPS) is 17.3. The molecule has 1 atom stereocenters. The minimum Gasteiger partial charge on any atom is -0.447 e. The topological polar surface area (TPSA) is 51.7 Å². The molecule has 5 nitrogen and oxygen atoms in total. The van der Waals surface area contributed by atoms with E-state index in [1.807, 2.05) is 13.8 Å². The van der Waals surface area contributed by atoms with Gasteiger partial charge in [0.2, 0.25) is 5.88 Å². The van der Waals surface area contributed by atoms with Crippen molar-refractivity contribution in [3.05, 3.63) is 53.5 Å². The molecule has 0 spiro atoms. The van der Waals surface area contributed by atoms with Crippen LogP contribution in [0.1, 0.15) is 18.1 Å². The largest absolute Gasteiger partial charge is 0.447 e. The number of rotatable bonds is 4. The van der Waals surface area contributed by atoms with Crippen molar-refractivity contribution in [2.45, 2.75) is 26.4 Å². The Morgan fingerprint density at radius 1 is 1.39 bits per heavy atom. The number of benzene rings is 1. The molecule has 0 aliphatic carbocycles. The smallest absolute Gasteiger partial charge is 0.410 e. The minimum absolute atomic E-state index is 0.0417. The number of halogens is 1. The van der Waals surface area contributed by atoms with Crippen LogP contribution in [0.3, 0.4) is 0 Å². The van der Waals surface area contributed by atoms with Crippen LogP contribution in [-0.4, -0.2) is 28.6 Å². The van der Waals surface area contributed by atoms with Gasteiger partial charge in [0.05, 0.1) is 12.6 Å². The van der Waals surface area contributed by atoms with Crippen LogP contribution >= 0.6 is 0 Å². The first kappa shape index (κ1) is 15.3. The first-order valence-electron chi connectivity index (χ1n) is 7.35. The molecule has 2 aromatic rings. The summed E-state index contributed by atoms with van der Waals surface area (Å²) in [6.07, 6.45) is 1.29. The standard InChI is InChI=1S/C17H17FN2O3/c1-11-3-5-15(14(18)7-11)23-16-6-4-13(8-19-16)9-20-12(2)10-22-17(20)21/h3-8,12H,9-10H2,1-2H3. The van der Waals surface area contributed by atoms with Crippen molar-refractivity contribution in [3.8, 4) is 11.6 Å². The maximum absolute atomic E-state index is 13.8. The Hall–Kier alpha value is -2.63. The molecule has 120 valence electrons. The Balaban J connectivity index is 1.68. The summed E-state index contributed by atoms with van der Waals surface area (Å²) < 4.78 is 24.2. The second-order valence-electron chi connectivity index (χ2n) is 5.59. The van der Waals surface area contributed by atoms with Crippen molar-refractivity contribution in [1.82, 2.24) is 9.88 Å². The lowest BCUT2D eigenvalue weighted by Gasteiger charge is -2.17. The molecule has 0 saturated carbocycles. The molecule has 1 unspecified atom stereocenters. The van der Waals surface area contributed by atoms with E-state index >= 15 is 0 Å². The monoisotopic (exact) mass is 316 g/mol. The number of carbonyl (C=O) groups is 1. The van der Waals surface area contributed by atoms with Crippen molar-refractivity contribution in [2.24, 2.45) is 0 Å². The molecule has 1 saturated heterocycles. The molecule has 1 aliphatic rings. The first-order chi connectivity index (χ1) is 11.0. The Morgan fingerprint density at radius 3 is 2.83 bits per heavy atom. The molecule has 0 N–H and O–H groups in total. The zero-order valence-electron chi connectivity index (χ0n) is 13.0. The van der Waals surface area contributed by atoms with Crippen LogP contribution < -0.4 is 4.74 Å². The van der Waals surface area contributed by atoms with Crippen LogP contribution in [-0.2, 0) is 11.3 Å². The maximum Gasteiger partial charge on any atom is 0.410 e. The number of aromatic nitrogens is 1. The number of carbonyl (C=O) groups excluding carboxylic acids is 1. The Kier molecular flexibility index (Phi) is 4.14. The summed E-state index contributed by atoms with van der Waals surface area (Å²) in [5.74, 6) is 0.00524. The number of amides is 1. The van der Waals surface area contributed by atoms with Gasteiger partial charge in [0.1, 0.15) is 6.61 Å². The quantitative estimate of drug-likeness (QED) is 0.864. The molecule has 1 aromatic heterocycles. The van der Waals surface area contributed by atoms with E-state index in [4.69, 9.17) is 9.47 Å². The third kappa shape index (κ3) is 3.41. The molecule has 1 aliphatic heterocycles. The molecule has 2 heterocycles. The predicted octanol–water partition coefficient (Wildman–Crippen LogP) is 3.66. The van der Waals surface area contributed by atoms with Gasteiger partial charge < -0.3 is 9.47 Å². The molecular formula is C17H17FN2O3. The van der Waals surface area contributed by atoms with Gasteiger partial charge in [-0.3, -0.25) is 4.90 Å². The molecule has 3 rings (SSSR count). The van der Waals surface area contributed by atoms with Gasteiger partial charge >= 0.3 is 6.09 Å². The van der Waals surface area contributed by atoms with Crippen LogP contribution in [0.4, 0.5) is 9.18 Å². The van der Waals surface area contributed by atoms with Crippen LogP contribution in [0, 0.1) is 12.7 Å². The molecule has 0 radical (unpaired) electrons. The van der Waals surface area contributed by atoms with E-state index < -0.39 is 5.82 Å². The molecule has 1 fully saturated rings. The molecule has 23 heavy (non-hydrogen) atoms. The molecule has 6 heteroatoms. The average Bonchev–Trinajstić information content (AvgIpc) is 2.84. The van der Waals surface area contributed by atoms with E-state index in [2.05, 4.69) is 4.98 Å². The molecule has 0 bridgehead atoms. The van der Waals surface area contributed by atoms with Gasteiger partial charge in [0.15, 0.2) is 11.6 Å². The van der Waals surface area contributed by atoms with E-state index in [1.165, 1.54) is 6.07 Å². The van der Waals surface area contributed by atoms with Crippen molar-refractivity contribution in [3.63, 3.8) is 0 Å². The SMILES string of the molecule is Cc1ccc(Oc2ccc(CN3C(=O)OCC3C)cn2)c(F)c1. The summed E-state index contributed by atoms with van der Waals surface area (Å²) in [4.78, 5) is 17.4. The van der Waals surface area contributed by atoms with Crippen LogP contribution in [0.15, 0.2) is 36.5 Å². The number of hydrogen-bond donors (Lipinski definition) is 0. The molecule has 1 aromatic carbocycles. The van der Waals surface area contributed by atoms with Crippen LogP contribution in [0.25, 0.3) is 0 Å². The highest BCUT2D eigenvalue weighted by molar-refractivity contribution is 5.70. The van der Waals surface area contributed by atoms with Crippen LogP contribution in [0.2, 0.25) is 0 Å². The van der Waals surface area contributed by atoms with E-state index in [0.29, 0.717) is 19.0 Å². The predicted molar refractivity (Wildman–Crippen MR) is 81.8 cm³/mol. The van der Waals surface area contributed by atoms with E-state index in [9.17, 15) is 9.18 Å². The fourth-order valence-corrected chi connectivity index (χ4v) is 2.33. The highest BCUT2D eigenvalue weighted by Crippen LogP contribution is 2.24. The maximum atomic E-state index is 13.8. The number of aryl methyl sites for hydroxylation is 1. The van der Waals surface area contributed by atoms with Gasteiger partial charge in [0, 0.05) is 12.3 Å². The number of pyridine rings is 1. The van der Waals surface area contributed by atoms with Crippen molar-refractivity contribution < 1.29 is 18.7 Å². The Morgan fingerprint density at radius 2 is 2.22 bits per heavy atom. The van der Waals surface area contributed by atoms with E-state index in [-0.39, 0.29) is 17.9 Å².